The number of halogens is 1. The summed E-state index contributed by atoms with van der Waals surface area (Å²) in [4.78, 5) is 13.5. The van der Waals surface area contributed by atoms with Gasteiger partial charge >= 0.3 is 0 Å². The molecule has 184 valence electrons. The molecule has 1 atom stereocenters. The fourth-order valence-electron chi connectivity index (χ4n) is 4.39. The Hall–Kier alpha value is -3.03. The van der Waals surface area contributed by atoms with Gasteiger partial charge in [-0.15, -0.1) is 0 Å². The number of carbonyl (C=O) groups is 1. The summed E-state index contributed by atoms with van der Waals surface area (Å²) < 4.78 is 34.5. The van der Waals surface area contributed by atoms with Gasteiger partial charge in [0.25, 0.3) is 10.0 Å². The van der Waals surface area contributed by atoms with E-state index < -0.39 is 21.5 Å². The van der Waals surface area contributed by atoms with E-state index >= 15 is 0 Å². The number of amides is 1. The average molecular weight is 513 g/mol. The molecular weight excluding hydrogens is 484 g/mol. The second-order valence-corrected chi connectivity index (χ2v) is 11.8. The maximum atomic E-state index is 13.6. The van der Waals surface area contributed by atoms with E-state index in [0.29, 0.717) is 22.7 Å². The van der Waals surface area contributed by atoms with Crippen LogP contribution in [0.15, 0.2) is 71.6 Å². The second kappa shape index (κ2) is 9.55. The zero-order chi connectivity index (χ0) is 25.4. The molecule has 0 saturated heterocycles. The molecule has 3 aromatic rings. The maximum absolute atomic E-state index is 13.6. The van der Waals surface area contributed by atoms with Crippen LogP contribution in [0.1, 0.15) is 43.0 Å². The van der Waals surface area contributed by atoms with Crippen LogP contribution in [0.3, 0.4) is 0 Å². The van der Waals surface area contributed by atoms with Crippen molar-refractivity contribution in [3.05, 3.63) is 88.4 Å². The van der Waals surface area contributed by atoms with Gasteiger partial charge in [-0.05, 0) is 69.7 Å². The molecule has 4 rings (SSSR count). The van der Waals surface area contributed by atoms with Crippen LogP contribution in [-0.2, 0) is 14.8 Å². The lowest BCUT2D eigenvalue weighted by atomic mass is 9.89. The number of benzene rings is 3. The fraction of sp³-hybridized carbons (Fsp3) is 0.296. The molecule has 0 spiro atoms. The molecule has 0 saturated carbocycles. The van der Waals surface area contributed by atoms with Gasteiger partial charge < -0.3 is 10.1 Å². The third kappa shape index (κ3) is 5.46. The number of rotatable bonds is 6. The van der Waals surface area contributed by atoms with Crippen LogP contribution < -0.4 is 14.4 Å². The molecule has 6 nitrogen and oxygen atoms in total. The topological polar surface area (TPSA) is 75.7 Å². The molecule has 0 radical (unpaired) electrons. The van der Waals surface area contributed by atoms with Gasteiger partial charge in [-0.2, -0.15) is 0 Å². The minimum Gasteiger partial charge on any atom is -0.487 e. The molecule has 1 unspecified atom stereocenters. The van der Waals surface area contributed by atoms with Crippen molar-refractivity contribution in [1.82, 2.24) is 5.32 Å². The highest BCUT2D eigenvalue weighted by molar-refractivity contribution is 7.92. The molecule has 8 heteroatoms. The Morgan fingerprint density at radius 1 is 1.09 bits per heavy atom. The molecule has 0 bridgehead atoms. The predicted octanol–water partition coefficient (Wildman–Crippen LogP) is 5.57. The van der Waals surface area contributed by atoms with E-state index in [1.807, 2.05) is 39.0 Å². The highest BCUT2D eigenvalue weighted by Crippen LogP contribution is 2.40. The predicted molar refractivity (Wildman–Crippen MR) is 139 cm³/mol. The van der Waals surface area contributed by atoms with Crippen molar-refractivity contribution < 1.29 is 17.9 Å². The molecule has 0 aliphatic carbocycles. The summed E-state index contributed by atoms with van der Waals surface area (Å²) in [5.74, 6) is 0.313. The third-order valence-corrected chi connectivity index (χ3v) is 8.01. The maximum Gasteiger partial charge on any atom is 0.264 e. The van der Waals surface area contributed by atoms with Crippen LogP contribution in [-0.4, -0.2) is 26.5 Å². The molecular formula is C27H29ClN2O4S. The van der Waals surface area contributed by atoms with E-state index in [2.05, 4.69) is 5.32 Å². The van der Waals surface area contributed by atoms with E-state index in [0.717, 1.165) is 21.2 Å². The third-order valence-electron chi connectivity index (χ3n) is 6.00. The number of anilines is 1. The summed E-state index contributed by atoms with van der Waals surface area (Å²) in [5, 5.41) is 3.55. The lowest BCUT2D eigenvalue weighted by molar-refractivity contribution is -0.120. The Morgan fingerprint density at radius 3 is 2.49 bits per heavy atom. The summed E-state index contributed by atoms with van der Waals surface area (Å²) in [7, 11) is -4.01. The number of fused-ring (bicyclic) bond motifs is 1. The Balaban J connectivity index is 1.68. The molecule has 0 fully saturated rings. The van der Waals surface area contributed by atoms with Crippen LogP contribution in [0.2, 0.25) is 5.02 Å². The zero-order valence-electron chi connectivity index (χ0n) is 20.2. The van der Waals surface area contributed by atoms with Crippen molar-refractivity contribution in [1.29, 1.82) is 0 Å². The number of carbonyl (C=O) groups excluding carboxylic acids is 1. The van der Waals surface area contributed by atoms with Crippen LogP contribution in [0.5, 0.6) is 5.75 Å². The van der Waals surface area contributed by atoms with Crippen molar-refractivity contribution in [2.24, 2.45) is 0 Å². The molecule has 1 amide bonds. The SMILES string of the molecule is Cc1ccc2c(c1)C(NC(=O)CN(c1ccc(Cl)cc1C)S(=O)(=O)c1ccccc1)CC(C)(C)O2. The summed E-state index contributed by atoms with van der Waals surface area (Å²) in [5.41, 5.74) is 2.51. The van der Waals surface area contributed by atoms with E-state index in [1.165, 1.54) is 12.1 Å². The first kappa shape index (κ1) is 25.1. The Labute approximate surface area is 211 Å². The van der Waals surface area contributed by atoms with Gasteiger partial charge in [-0.25, -0.2) is 8.42 Å². The van der Waals surface area contributed by atoms with Crippen molar-refractivity contribution in [2.45, 2.75) is 50.7 Å². The highest BCUT2D eigenvalue weighted by atomic mass is 35.5. The smallest absolute Gasteiger partial charge is 0.264 e. The number of hydrogen-bond donors (Lipinski definition) is 1. The Bertz CT molecular complexity index is 1360. The summed E-state index contributed by atoms with van der Waals surface area (Å²) in [6.45, 7) is 7.32. The van der Waals surface area contributed by atoms with Gasteiger partial charge in [0, 0.05) is 17.0 Å². The normalized spacial score (nSPS) is 16.7. The number of sulfonamides is 1. The molecule has 3 aromatic carbocycles. The van der Waals surface area contributed by atoms with E-state index in [9.17, 15) is 13.2 Å². The number of aryl methyl sites for hydroxylation is 2. The first-order chi connectivity index (χ1) is 16.5. The molecule has 35 heavy (non-hydrogen) atoms. The molecule has 1 N–H and O–H groups in total. The van der Waals surface area contributed by atoms with Crippen molar-refractivity contribution in [2.75, 3.05) is 10.8 Å². The quantitative estimate of drug-likeness (QED) is 0.468. The molecule has 0 aromatic heterocycles. The lowest BCUT2D eigenvalue weighted by Crippen LogP contribution is -2.45. The summed E-state index contributed by atoms with van der Waals surface area (Å²) in [6, 6.07) is 18.6. The van der Waals surface area contributed by atoms with Gasteiger partial charge in [0.05, 0.1) is 16.6 Å². The highest BCUT2D eigenvalue weighted by Gasteiger charge is 2.36. The molecule has 1 aliphatic heterocycles. The monoisotopic (exact) mass is 512 g/mol. The number of nitrogens with one attached hydrogen (secondary N) is 1. The van der Waals surface area contributed by atoms with Gasteiger partial charge in [-0.1, -0.05) is 47.5 Å². The van der Waals surface area contributed by atoms with Crippen LogP contribution >= 0.6 is 11.6 Å². The number of ether oxygens (including phenoxy) is 1. The van der Waals surface area contributed by atoms with Crippen molar-refractivity contribution in [3.63, 3.8) is 0 Å². The lowest BCUT2D eigenvalue weighted by Gasteiger charge is -2.38. The van der Waals surface area contributed by atoms with Crippen molar-refractivity contribution >= 4 is 33.2 Å². The molecule has 1 heterocycles. The zero-order valence-corrected chi connectivity index (χ0v) is 21.8. The summed E-state index contributed by atoms with van der Waals surface area (Å²) >= 11 is 6.12. The van der Waals surface area contributed by atoms with Gasteiger partial charge in [0.2, 0.25) is 5.91 Å². The van der Waals surface area contributed by atoms with Gasteiger partial charge in [0.1, 0.15) is 17.9 Å². The van der Waals surface area contributed by atoms with Crippen LogP contribution in [0.4, 0.5) is 5.69 Å². The largest absolute Gasteiger partial charge is 0.487 e. The summed E-state index contributed by atoms with van der Waals surface area (Å²) in [6.07, 6.45) is 0.556. The van der Waals surface area contributed by atoms with Crippen LogP contribution in [0.25, 0.3) is 0 Å². The molecule has 1 aliphatic rings. The van der Waals surface area contributed by atoms with Gasteiger partial charge in [-0.3, -0.25) is 9.10 Å². The number of hydrogen-bond acceptors (Lipinski definition) is 4. The van der Waals surface area contributed by atoms with Gasteiger partial charge in [0.15, 0.2) is 0 Å². The average Bonchev–Trinajstić information content (AvgIpc) is 2.78. The second-order valence-electron chi connectivity index (χ2n) is 9.48. The van der Waals surface area contributed by atoms with E-state index in [1.54, 1.807) is 43.3 Å². The van der Waals surface area contributed by atoms with Crippen molar-refractivity contribution in [3.8, 4) is 5.75 Å². The first-order valence-corrected chi connectivity index (χ1v) is 13.2. The number of nitrogens with zero attached hydrogens (tertiary/aromatic N) is 1. The fourth-order valence-corrected chi connectivity index (χ4v) is 6.12. The Morgan fingerprint density at radius 2 is 1.80 bits per heavy atom. The minimum absolute atomic E-state index is 0.107. The Kier molecular flexibility index (Phi) is 6.84. The van der Waals surface area contributed by atoms with Crippen LogP contribution in [0, 0.1) is 13.8 Å². The standard InChI is InChI=1S/C27H29ClN2O4S/c1-18-10-13-25-22(14-18)23(16-27(3,4)34-25)29-26(31)17-30(24-12-11-20(28)15-19(24)2)35(32,33)21-8-6-5-7-9-21/h5-15,23H,16-17H2,1-4H3,(H,29,31). The first-order valence-electron chi connectivity index (χ1n) is 11.4. The van der Waals surface area contributed by atoms with E-state index in [4.69, 9.17) is 16.3 Å². The minimum atomic E-state index is -4.01. The van der Waals surface area contributed by atoms with E-state index in [-0.39, 0.29) is 17.5 Å².